The van der Waals surface area contributed by atoms with Gasteiger partial charge in [-0.05, 0) is 62.4 Å². The minimum absolute atomic E-state index is 0.201. The van der Waals surface area contributed by atoms with E-state index >= 15 is 0 Å². The van der Waals surface area contributed by atoms with Gasteiger partial charge in [-0.2, -0.15) is 0 Å². The van der Waals surface area contributed by atoms with Gasteiger partial charge in [0.15, 0.2) is 0 Å². The third-order valence-corrected chi connectivity index (χ3v) is 4.22. The Hall–Kier alpha value is -0.650. The summed E-state index contributed by atoms with van der Waals surface area (Å²) in [6, 6.07) is 3.24. The molecule has 6 heteroatoms. The fraction of sp³-hybridized carbons (Fsp3) is 0.533. The van der Waals surface area contributed by atoms with Crippen molar-refractivity contribution in [3.8, 4) is 0 Å². The van der Waals surface area contributed by atoms with E-state index in [4.69, 9.17) is 11.6 Å². The van der Waals surface area contributed by atoms with Crippen molar-refractivity contribution >= 4 is 38.6 Å². The van der Waals surface area contributed by atoms with Crippen molar-refractivity contribution < 1.29 is 4.39 Å². The molecule has 2 aromatic rings. The normalized spacial score (nSPS) is 13.3. The number of unbranched alkanes of at least 4 members (excludes halogenated alkanes) is 1. The van der Waals surface area contributed by atoms with Crippen molar-refractivity contribution in [3.63, 3.8) is 0 Å². The molecule has 1 heterocycles. The number of aryl methyl sites for hydroxylation is 1. The zero-order chi connectivity index (χ0) is 15.6. The molecule has 1 unspecified atom stereocenters. The summed E-state index contributed by atoms with van der Waals surface area (Å²) in [7, 11) is 4.14. The summed E-state index contributed by atoms with van der Waals surface area (Å²) in [5.74, 6) is 0.502. The van der Waals surface area contributed by atoms with Gasteiger partial charge in [-0.25, -0.2) is 9.37 Å². The highest BCUT2D eigenvalue weighted by Gasteiger charge is 2.16. The fourth-order valence-corrected chi connectivity index (χ4v) is 2.87. The molecule has 0 saturated carbocycles. The lowest BCUT2D eigenvalue weighted by molar-refractivity contribution is 0.387. The van der Waals surface area contributed by atoms with E-state index < -0.39 is 0 Å². The number of benzene rings is 1. The van der Waals surface area contributed by atoms with Gasteiger partial charge in [0.2, 0.25) is 0 Å². The lowest BCUT2D eigenvalue weighted by Gasteiger charge is -2.12. The maximum Gasteiger partial charge on any atom is 0.139 e. The van der Waals surface area contributed by atoms with Crippen LogP contribution in [0, 0.1) is 5.82 Å². The van der Waals surface area contributed by atoms with E-state index in [2.05, 4.69) is 44.5 Å². The Labute approximate surface area is 138 Å². The summed E-state index contributed by atoms with van der Waals surface area (Å²) in [6.45, 7) is 3.79. The van der Waals surface area contributed by atoms with Crippen molar-refractivity contribution in [3.05, 3.63) is 28.2 Å². The lowest BCUT2D eigenvalue weighted by Crippen LogP contribution is -2.14. The lowest BCUT2D eigenvalue weighted by atomic mass is 10.2. The Balaban J connectivity index is 2.30. The van der Waals surface area contributed by atoms with E-state index in [1.165, 1.54) is 6.07 Å². The molecule has 1 atom stereocenters. The SMILES string of the molecule is CC(Cl)c1nc2cc(F)c(Br)cc2n1CCCCN(C)C. The molecule has 0 aliphatic rings. The van der Waals surface area contributed by atoms with Crippen LogP contribution in [0.5, 0.6) is 0 Å². The highest BCUT2D eigenvalue weighted by atomic mass is 79.9. The largest absolute Gasteiger partial charge is 0.327 e. The van der Waals surface area contributed by atoms with Crippen molar-refractivity contribution in [1.29, 1.82) is 0 Å². The highest BCUT2D eigenvalue weighted by molar-refractivity contribution is 9.10. The summed E-state index contributed by atoms with van der Waals surface area (Å²) >= 11 is 9.47. The standard InChI is InChI=1S/C15H20BrClFN3/c1-10(17)15-19-13-9-12(18)11(16)8-14(13)21(15)7-5-4-6-20(2)3/h8-10H,4-7H2,1-3H3. The Kier molecular flexibility index (Phi) is 5.63. The van der Waals surface area contributed by atoms with Gasteiger partial charge in [0.1, 0.15) is 11.6 Å². The maximum absolute atomic E-state index is 13.7. The van der Waals surface area contributed by atoms with Crippen LogP contribution in [0.15, 0.2) is 16.6 Å². The third-order valence-electron chi connectivity index (χ3n) is 3.41. The molecule has 2 rings (SSSR count). The van der Waals surface area contributed by atoms with E-state index in [0.29, 0.717) is 9.99 Å². The number of hydrogen-bond acceptors (Lipinski definition) is 2. The van der Waals surface area contributed by atoms with Crippen molar-refractivity contribution in [2.24, 2.45) is 0 Å². The Morgan fingerprint density at radius 1 is 1.38 bits per heavy atom. The quantitative estimate of drug-likeness (QED) is 0.543. The van der Waals surface area contributed by atoms with Crippen LogP contribution in [0.2, 0.25) is 0 Å². The summed E-state index contributed by atoms with van der Waals surface area (Å²) in [5.41, 5.74) is 1.58. The molecule has 0 N–H and O–H groups in total. The van der Waals surface area contributed by atoms with Crippen LogP contribution in [-0.2, 0) is 6.54 Å². The van der Waals surface area contributed by atoms with Crippen LogP contribution < -0.4 is 0 Å². The van der Waals surface area contributed by atoms with Gasteiger partial charge < -0.3 is 9.47 Å². The average Bonchev–Trinajstić information content (AvgIpc) is 2.73. The molecule has 0 saturated heterocycles. The molecule has 116 valence electrons. The van der Waals surface area contributed by atoms with Gasteiger partial charge in [0.05, 0.1) is 20.9 Å². The second-order valence-electron chi connectivity index (χ2n) is 5.50. The Morgan fingerprint density at radius 2 is 2.10 bits per heavy atom. The van der Waals surface area contributed by atoms with Crippen LogP contribution >= 0.6 is 27.5 Å². The third kappa shape index (κ3) is 3.96. The Morgan fingerprint density at radius 3 is 2.71 bits per heavy atom. The molecule has 21 heavy (non-hydrogen) atoms. The number of alkyl halides is 1. The predicted molar refractivity (Wildman–Crippen MR) is 89.4 cm³/mol. The van der Waals surface area contributed by atoms with Gasteiger partial charge in [-0.15, -0.1) is 11.6 Å². The number of nitrogens with zero attached hydrogens (tertiary/aromatic N) is 3. The second kappa shape index (κ2) is 7.07. The van der Waals surface area contributed by atoms with Gasteiger partial charge in [0.25, 0.3) is 0 Å². The monoisotopic (exact) mass is 375 g/mol. The van der Waals surface area contributed by atoms with E-state index in [0.717, 1.165) is 37.3 Å². The maximum atomic E-state index is 13.7. The molecule has 0 aliphatic carbocycles. The fourth-order valence-electron chi connectivity index (χ4n) is 2.38. The van der Waals surface area contributed by atoms with Gasteiger partial charge in [-0.3, -0.25) is 0 Å². The molecular formula is C15H20BrClFN3. The van der Waals surface area contributed by atoms with E-state index in [9.17, 15) is 4.39 Å². The molecular weight excluding hydrogens is 357 g/mol. The molecule has 0 aliphatic heterocycles. The summed E-state index contributed by atoms with van der Waals surface area (Å²) in [6.07, 6.45) is 2.14. The molecule has 0 amide bonds. The summed E-state index contributed by atoms with van der Waals surface area (Å²) < 4.78 is 16.2. The van der Waals surface area contributed by atoms with Crippen LogP contribution in [0.25, 0.3) is 11.0 Å². The van der Waals surface area contributed by atoms with Crippen molar-refractivity contribution in [2.75, 3.05) is 20.6 Å². The zero-order valence-corrected chi connectivity index (χ0v) is 14.9. The van der Waals surface area contributed by atoms with E-state index in [-0.39, 0.29) is 11.2 Å². The van der Waals surface area contributed by atoms with Gasteiger partial charge >= 0.3 is 0 Å². The molecule has 0 fully saturated rings. The Bertz CT molecular complexity index is 625. The summed E-state index contributed by atoms with van der Waals surface area (Å²) in [5, 5.41) is -0.201. The molecule has 1 aromatic heterocycles. The summed E-state index contributed by atoms with van der Waals surface area (Å²) in [4.78, 5) is 6.66. The average molecular weight is 377 g/mol. The topological polar surface area (TPSA) is 21.1 Å². The number of fused-ring (bicyclic) bond motifs is 1. The molecule has 1 aromatic carbocycles. The first-order valence-electron chi connectivity index (χ1n) is 7.04. The number of rotatable bonds is 6. The van der Waals surface area contributed by atoms with Crippen LogP contribution in [0.4, 0.5) is 4.39 Å². The molecule has 3 nitrogen and oxygen atoms in total. The first kappa shape index (κ1) is 16.7. The van der Waals surface area contributed by atoms with Gasteiger partial charge in [-0.1, -0.05) is 0 Å². The minimum Gasteiger partial charge on any atom is -0.327 e. The van der Waals surface area contributed by atoms with Crippen LogP contribution in [0.1, 0.15) is 31.0 Å². The number of hydrogen-bond donors (Lipinski definition) is 0. The smallest absolute Gasteiger partial charge is 0.139 e. The predicted octanol–water partition coefficient (Wildman–Crippen LogP) is 4.58. The first-order chi connectivity index (χ1) is 9.90. The van der Waals surface area contributed by atoms with Crippen LogP contribution in [-0.4, -0.2) is 35.1 Å². The van der Waals surface area contributed by atoms with E-state index in [1.807, 2.05) is 6.92 Å². The number of imidazole rings is 1. The van der Waals surface area contributed by atoms with Crippen molar-refractivity contribution in [2.45, 2.75) is 31.7 Å². The number of halogens is 3. The van der Waals surface area contributed by atoms with Crippen LogP contribution in [0.3, 0.4) is 0 Å². The minimum atomic E-state index is -0.298. The zero-order valence-electron chi connectivity index (χ0n) is 12.5. The first-order valence-corrected chi connectivity index (χ1v) is 8.27. The highest BCUT2D eigenvalue weighted by Crippen LogP contribution is 2.28. The van der Waals surface area contributed by atoms with E-state index in [1.54, 1.807) is 6.07 Å². The van der Waals surface area contributed by atoms with Gasteiger partial charge in [0, 0.05) is 12.6 Å². The molecule has 0 radical (unpaired) electrons. The van der Waals surface area contributed by atoms with Crippen molar-refractivity contribution in [1.82, 2.24) is 14.5 Å². The number of aromatic nitrogens is 2. The molecule has 0 spiro atoms. The second-order valence-corrected chi connectivity index (χ2v) is 7.01. The molecule has 0 bridgehead atoms.